The second-order valence-electron chi connectivity index (χ2n) is 5.93. The molecule has 1 N–H and O–H groups in total. The van der Waals surface area contributed by atoms with Crippen molar-refractivity contribution in [2.45, 2.75) is 57.9 Å². The van der Waals surface area contributed by atoms with Gasteiger partial charge in [-0.2, -0.15) is 0 Å². The Morgan fingerprint density at radius 3 is 2.60 bits per heavy atom. The zero-order chi connectivity index (χ0) is 14.2. The molecule has 0 heterocycles. The van der Waals surface area contributed by atoms with Crippen LogP contribution in [0.1, 0.15) is 50.2 Å². The summed E-state index contributed by atoms with van der Waals surface area (Å²) < 4.78 is 0. The van der Waals surface area contributed by atoms with Crippen LogP contribution in [0, 0.1) is 0 Å². The standard InChI is InChI=1S/C18H29NO/c1-2-19(13-7-3-4-8-14-20)18-12-11-16-9-5-6-10-17(16)15-18/h5-6,9-10,18,20H,2-4,7-8,11-15H2,1H3/t18-/m1/s1. The van der Waals surface area contributed by atoms with Crippen molar-refractivity contribution in [1.29, 1.82) is 0 Å². The third-order valence-corrected chi connectivity index (χ3v) is 4.60. The average Bonchev–Trinajstić information content (AvgIpc) is 2.50. The van der Waals surface area contributed by atoms with E-state index in [-0.39, 0.29) is 0 Å². The number of nitrogens with zero attached hydrogens (tertiary/aromatic N) is 1. The van der Waals surface area contributed by atoms with Crippen molar-refractivity contribution in [3.63, 3.8) is 0 Å². The van der Waals surface area contributed by atoms with Crippen molar-refractivity contribution in [2.24, 2.45) is 0 Å². The highest BCUT2D eigenvalue weighted by atomic mass is 16.2. The van der Waals surface area contributed by atoms with Crippen LogP contribution in [0.5, 0.6) is 0 Å². The lowest BCUT2D eigenvalue weighted by Gasteiger charge is -2.34. The lowest BCUT2D eigenvalue weighted by molar-refractivity contribution is 0.184. The zero-order valence-electron chi connectivity index (χ0n) is 12.9. The predicted octanol–water partition coefficient (Wildman–Crippen LogP) is 3.42. The first kappa shape index (κ1) is 15.5. The van der Waals surface area contributed by atoms with Gasteiger partial charge in [-0.25, -0.2) is 0 Å². The number of hydrogen-bond acceptors (Lipinski definition) is 2. The molecular weight excluding hydrogens is 246 g/mol. The number of benzene rings is 1. The van der Waals surface area contributed by atoms with Gasteiger partial charge in [-0.05, 0) is 56.3 Å². The van der Waals surface area contributed by atoms with Gasteiger partial charge in [0.1, 0.15) is 0 Å². The summed E-state index contributed by atoms with van der Waals surface area (Å²) in [4.78, 5) is 2.66. The van der Waals surface area contributed by atoms with E-state index in [1.54, 1.807) is 11.1 Å². The van der Waals surface area contributed by atoms with Crippen molar-refractivity contribution in [3.8, 4) is 0 Å². The van der Waals surface area contributed by atoms with Crippen LogP contribution in [0.4, 0.5) is 0 Å². The number of fused-ring (bicyclic) bond motifs is 1. The van der Waals surface area contributed by atoms with Crippen molar-refractivity contribution in [3.05, 3.63) is 35.4 Å². The molecule has 1 aliphatic carbocycles. The maximum absolute atomic E-state index is 8.81. The summed E-state index contributed by atoms with van der Waals surface area (Å²) in [5.41, 5.74) is 3.12. The van der Waals surface area contributed by atoms with E-state index in [0.717, 1.165) is 19.0 Å². The highest BCUT2D eigenvalue weighted by molar-refractivity contribution is 5.30. The van der Waals surface area contributed by atoms with Crippen LogP contribution in [0.25, 0.3) is 0 Å². The van der Waals surface area contributed by atoms with E-state index in [0.29, 0.717) is 6.61 Å². The monoisotopic (exact) mass is 275 g/mol. The Kier molecular flexibility index (Phi) is 6.55. The smallest absolute Gasteiger partial charge is 0.0431 e. The predicted molar refractivity (Wildman–Crippen MR) is 85.1 cm³/mol. The minimum atomic E-state index is 0.344. The van der Waals surface area contributed by atoms with Gasteiger partial charge >= 0.3 is 0 Å². The first-order valence-electron chi connectivity index (χ1n) is 8.26. The molecule has 20 heavy (non-hydrogen) atoms. The second-order valence-corrected chi connectivity index (χ2v) is 5.93. The van der Waals surface area contributed by atoms with Crippen LogP contribution in [0.15, 0.2) is 24.3 Å². The molecule has 2 heteroatoms. The van der Waals surface area contributed by atoms with Gasteiger partial charge < -0.3 is 10.0 Å². The minimum Gasteiger partial charge on any atom is -0.396 e. The van der Waals surface area contributed by atoms with Crippen LogP contribution >= 0.6 is 0 Å². The van der Waals surface area contributed by atoms with Crippen LogP contribution in [0.3, 0.4) is 0 Å². The highest BCUT2D eigenvalue weighted by Gasteiger charge is 2.22. The number of hydrogen-bond donors (Lipinski definition) is 1. The summed E-state index contributed by atoms with van der Waals surface area (Å²) in [5, 5.41) is 8.81. The third kappa shape index (κ3) is 4.32. The number of aliphatic hydroxyl groups excluding tert-OH is 1. The van der Waals surface area contributed by atoms with E-state index in [1.807, 2.05) is 0 Å². The third-order valence-electron chi connectivity index (χ3n) is 4.60. The van der Waals surface area contributed by atoms with Crippen molar-refractivity contribution >= 4 is 0 Å². The summed E-state index contributed by atoms with van der Waals surface area (Å²) in [7, 11) is 0. The molecule has 1 aliphatic rings. The molecule has 1 atom stereocenters. The quantitative estimate of drug-likeness (QED) is 0.735. The van der Waals surface area contributed by atoms with Gasteiger partial charge in [-0.15, -0.1) is 0 Å². The Balaban J connectivity index is 1.80. The number of likely N-dealkylation sites (N-methyl/N-ethyl adjacent to an activating group) is 1. The van der Waals surface area contributed by atoms with Crippen LogP contribution in [0.2, 0.25) is 0 Å². The summed E-state index contributed by atoms with van der Waals surface area (Å²) in [5.74, 6) is 0. The van der Waals surface area contributed by atoms with E-state index in [1.165, 1.54) is 45.1 Å². The van der Waals surface area contributed by atoms with E-state index in [4.69, 9.17) is 5.11 Å². The summed E-state index contributed by atoms with van der Waals surface area (Å²) >= 11 is 0. The number of aryl methyl sites for hydroxylation is 1. The van der Waals surface area contributed by atoms with E-state index < -0.39 is 0 Å². The van der Waals surface area contributed by atoms with Gasteiger partial charge in [0.2, 0.25) is 0 Å². The normalized spacial score (nSPS) is 18.2. The van der Waals surface area contributed by atoms with Crippen LogP contribution < -0.4 is 0 Å². The molecule has 1 aromatic rings. The molecule has 0 saturated heterocycles. The van der Waals surface area contributed by atoms with Crippen molar-refractivity contribution in [2.75, 3.05) is 19.7 Å². The molecule has 0 unspecified atom stereocenters. The van der Waals surface area contributed by atoms with Crippen LogP contribution in [-0.4, -0.2) is 35.7 Å². The molecule has 0 fully saturated rings. The van der Waals surface area contributed by atoms with E-state index in [2.05, 4.69) is 36.1 Å². The molecule has 0 aromatic heterocycles. The van der Waals surface area contributed by atoms with Gasteiger partial charge in [-0.1, -0.05) is 44.0 Å². The molecular formula is C18H29NO. The Hall–Kier alpha value is -0.860. The number of rotatable bonds is 8. The SMILES string of the molecule is CCN(CCCCCCO)[C@@H]1CCc2ccccc2C1. The maximum atomic E-state index is 8.81. The fourth-order valence-electron chi connectivity index (χ4n) is 3.37. The summed E-state index contributed by atoms with van der Waals surface area (Å²) in [6, 6.07) is 9.66. The molecule has 112 valence electrons. The van der Waals surface area contributed by atoms with Crippen molar-refractivity contribution < 1.29 is 5.11 Å². The number of aliphatic hydroxyl groups is 1. The van der Waals surface area contributed by atoms with E-state index in [9.17, 15) is 0 Å². The fourth-order valence-corrected chi connectivity index (χ4v) is 3.37. The zero-order valence-corrected chi connectivity index (χ0v) is 12.9. The Morgan fingerprint density at radius 1 is 1.10 bits per heavy atom. The topological polar surface area (TPSA) is 23.5 Å². The molecule has 0 radical (unpaired) electrons. The van der Waals surface area contributed by atoms with Gasteiger partial charge in [0.25, 0.3) is 0 Å². The lowest BCUT2D eigenvalue weighted by atomic mass is 9.87. The maximum Gasteiger partial charge on any atom is 0.0431 e. The highest BCUT2D eigenvalue weighted by Crippen LogP contribution is 2.24. The number of unbranched alkanes of at least 4 members (excludes halogenated alkanes) is 3. The Bertz CT molecular complexity index is 391. The second kappa shape index (κ2) is 8.43. The molecule has 0 aliphatic heterocycles. The van der Waals surface area contributed by atoms with Gasteiger partial charge in [0.15, 0.2) is 0 Å². The Morgan fingerprint density at radius 2 is 1.85 bits per heavy atom. The lowest BCUT2D eigenvalue weighted by Crippen LogP contribution is -2.39. The first-order valence-corrected chi connectivity index (χ1v) is 8.26. The van der Waals surface area contributed by atoms with Crippen LogP contribution in [-0.2, 0) is 12.8 Å². The summed E-state index contributed by atoms with van der Waals surface area (Å²) in [6.45, 7) is 5.01. The average molecular weight is 275 g/mol. The molecule has 0 bridgehead atoms. The van der Waals surface area contributed by atoms with Gasteiger partial charge in [-0.3, -0.25) is 0 Å². The molecule has 0 amide bonds. The van der Waals surface area contributed by atoms with Crippen molar-refractivity contribution in [1.82, 2.24) is 4.90 Å². The minimum absolute atomic E-state index is 0.344. The summed E-state index contributed by atoms with van der Waals surface area (Å²) in [6.07, 6.45) is 8.42. The fraction of sp³-hybridized carbons (Fsp3) is 0.667. The molecule has 0 spiro atoms. The molecule has 2 nitrogen and oxygen atoms in total. The van der Waals surface area contributed by atoms with E-state index >= 15 is 0 Å². The largest absolute Gasteiger partial charge is 0.396 e. The van der Waals surface area contributed by atoms with Gasteiger partial charge in [0, 0.05) is 12.6 Å². The molecule has 1 aromatic carbocycles. The molecule has 0 saturated carbocycles. The van der Waals surface area contributed by atoms with Gasteiger partial charge in [0.05, 0.1) is 0 Å². The molecule has 2 rings (SSSR count). The Labute approximate surface area is 123 Å². The first-order chi connectivity index (χ1) is 9.85.